The Hall–Kier alpha value is -2.92. The summed E-state index contributed by atoms with van der Waals surface area (Å²) < 4.78 is 5.91. The molecule has 0 aliphatic carbocycles. The molecule has 1 fully saturated rings. The maximum absolute atomic E-state index is 12.6. The fourth-order valence-corrected chi connectivity index (χ4v) is 4.02. The van der Waals surface area contributed by atoms with Gasteiger partial charge in [-0.2, -0.15) is 0 Å². The van der Waals surface area contributed by atoms with Gasteiger partial charge in [0.2, 0.25) is 0 Å². The van der Waals surface area contributed by atoms with Gasteiger partial charge in [-0.05, 0) is 68.2 Å². The van der Waals surface area contributed by atoms with Crippen molar-refractivity contribution < 1.29 is 9.53 Å². The molecule has 1 amide bonds. The molecule has 5 nitrogen and oxygen atoms in total. The van der Waals surface area contributed by atoms with Crippen molar-refractivity contribution in [2.24, 2.45) is 0 Å². The second-order valence-electron chi connectivity index (χ2n) is 8.35. The standard InChI is InChI=1S/C28H39N3O2/c1-7-11-12-13-14-24(6)31-22-28(9-3,33-27(31)32)17-20-30(10-4)21-23(5)26(8-2)25-15-18-29-19-16-25/h7-8,11,13-16,18-19H,5-6,9-10,12,17,20-22H2,1-4H3/b11-7-,14-13-,26-8+. The molecule has 1 unspecified atom stereocenters. The predicted octanol–water partition coefficient (Wildman–Crippen LogP) is 6.39. The smallest absolute Gasteiger partial charge is 0.415 e. The summed E-state index contributed by atoms with van der Waals surface area (Å²) in [6.07, 6.45) is 15.7. The number of carbonyl (C=O) groups excluding carboxylic acids is 1. The van der Waals surface area contributed by atoms with E-state index in [9.17, 15) is 4.79 Å². The number of likely N-dealkylation sites (N-methyl/N-ethyl adjacent to an activating group) is 1. The van der Waals surface area contributed by atoms with E-state index in [1.165, 1.54) is 0 Å². The normalized spacial score (nSPS) is 19.1. The Bertz CT molecular complexity index is 901. The number of nitrogens with zero attached hydrogens (tertiary/aromatic N) is 3. The zero-order chi connectivity index (χ0) is 24.3. The molecule has 0 spiro atoms. The number of hydrogen-bond donors (Lipinski definition) is 0. The summed E-state index contributed by atoms with van der Waals surface area (Å²) in [5.41, 5.74) is 3.51. The molecule has 33 heavy (non-hydrogen) atoms. The van der Waals surface area contributed by atoms with E-state index in [2.05, 4.69) is 49.0 Å². The van der Waals surface area contributed by atoms with Crippen molar-refractivity contribution in [2.45, 2.75) is 52.6 Å². The van der Waals surface area contributed by atoms with Crippen molar-refractivity contribution in [3.05, 3.63) is 84.9 Å². The van der Waals surface area contributed by atoms with Crippen molar-refractivity contribution in [3.63, 3.8) is 0 Å². The first-order chi connectivity index (χ1) is 15.9. The molecule has 1 saturated heterocycles. The van der Waals surface area contributed by atoms with Crippen LogP contribution >= 0.6 is 0 Å². The Morgan fingerprint density at radius 3 is 2.58 bits per heavy atom. The number of amides is 1. The summed E-state index contributed by atoms with van der Waals surface area (Å²) in [4.78, 5) is 20.7. The van der Waals surface area contributed by atoms with Gasteiger partial charge < -0.3 is 4.74 Å². The molecule has 0 radical (unpaired) electrons. The molecule has 1 aliphatic heterocycles. The highest BCUT2D eigenvalue weighted by atomic mass is 16.6. The third kappa shape index (κ3) is 7.29. The third-order valence-electron chi connectivity index (χ3n) is 6.19. The monoisotopic (exact) mass is 449 g/mol. The molecule has 0 bridgehead atoms. The van der Waals surface area contributed by atoms with Gasteiger partial charge in [-0.15, -0.1) is 0 Å². The maximum Gasteiger partial charge on any atom is 0.415 e. The molecule has 1 atom stereocenters. The average Bonchev–Trinajstić information content (AvgIpc) is 3.17. The topological polar surface area (TPSA) is 45.7 Å². The summed E-state index contributed by atoms with van der Waals surface area (Å²) >= 11 is 0. The highest BCUT2D eigenvalue weighted by Gasteiger charge is 2.44. The van der Waals surface area contributed by atoms with Crippen molar-refractivity contribution in [3.8, 4) is 0 Å². The minimum Gasteiger partial charge on any atom is -0.441 e. The lowest BCUT2D eigenvalue weighted by atomic mass is 9.95. The molecular weight excluding hydrogens is 410 g/mol. The van der Waals surface area contributed by atoms with E-state index in [1.807, 2.05) is 44.2 Å². The second kappa shape index (κ2) is 12.9. The molecule has 1 aromatic rings. The SMILES string of the molecule is C=C(CN(CC)CCC1(CC)CN(C(=C)/C=C\C/C=C\C)C(=O)O1)/C(=C\C)c1ccncc1. The quantitative estimate of drug-likeness (QED) is 0.259. The molecule has 2 heterocycles. The lowest BCUT2D eigenvalue weighted by molar-refractivity contribution is 0.0383. The summed E-state index contributed by atoms with van der Waals surface area (Å²) in [5.74, 6) is 0. The molecule has 0 saturated carbocycles. The van der Waals surface area contributed by atoms with Crippen LogP contribution in [-0.2, 0) is 4.74 Å². The Kier molecular flexibility index (Phi) is 10.3. The van der Waals surface area contributed by atoms with Crippen molar-refractivity contribution in [1.82, 2.24) is 14.8 Å². The van der Waals surface area contributed by atoms with Gasteiger partial charge >= 0.3 is 6.09 Å². The highest BCUT2D eigenvalue weighted by Crippen LogP contribution is 2.32. The lowest BCUT2D eigenvalue weighted by Crippen LogP contribution is -2.38. The van der Waals surface area contributed by atoms with Crippen LogP contribution in [0.4, 0.5) is 4.79 Å². The number of cyclic esters (lactones) is 1. The number of ether oxygens (including phenoxy) is 1. The van der Waals surface area contributed by atoms with Crippen LogP contribution in [0, 0.1) is 0 Å². The number of hydrogen-bond acceptors (Lipinski definition) is 4. The summed E-state index contributed by atoms with van der Waals surface area (Å²) in [6.45, 7) is 19.7. The van der Waals surface area contributed by atoms with Gasteiger partial charge in [0.05, 0.1) is 6.54 Å². The maximum atomic E-state index is 12.6. The van der Waals surface area contributed by atoms with Crippen LogP contribution in [0.3, 0.4) is 0 Å². The van der Waals surface area contributed by atoms with Crippen molar-refractivity contribution >= 4 is 11.7 Å². The Morgan fingerprint density at radius 2 is 1.97 bits per heavy atom. The molecular formula is C28H39N3O2. The van der Waals surface area contributed by atoms with E-state index in [4.69, 9.17) is 4.74 Å². The molecule has 1 aromatic heterocycles. The Labute approximate surface area is 199 Å². The van der Waals surface area contributed by atoms with Gasteiger partial charge in [-0.3, -0.25) is 14.8 Å². The Morgan fingerprint density at radius 1 is 1.24 bits per heavy atom. The number of carbonyl (C=O) groups is 1. The van der Waals surface area contributed by atoms with Gasteiger partial charge in [-0.25, -0.2) is 4.79 Å². The van der Waals surface area contributed by atoms with E-state index in [0.29, 0.717) is 12.2 Å². The minimum atomic E-state index is -0.500. The van der Waals surface area contributed by atoms with Crippen LogP contribution in [-0.4, -0.2) is 52.7 Å². The van der Waals surface area contributed by atoms with Gasteiger partial charge in [0, 0.05) is 37.6 Å². The molecule has 2 rings (SSSR count). The van der Waals surface area contributed by atoms with Crippen LogP contribution in [0.15, 0.2) is 79.3 Å². The lowest BCUT2D eigenvalue weighted by Gasteiger charge is -2.30. The average molecular weight is 450 g/mol. The van der Waals surface area contributed by atoms with Crippen LogP contribution < -0.4 is 0 Å². The van der Waals surface area contributed by atoms with E-state index >= 15 is 0 Å². The van der Waals surface area contributed by atoms with Gasteiger partial charge in [0.15, 0.2) is 0 Å². The van der Waals surface area contributed by atoms with Crippen molar-refractivity contribution in [2.75, 3.05) is 26.2 Å². The van der Waals surface area contributed by atoms with Gasteiger partial charge in [0.25, 0.3) is 0 Å². The molecule has 0 aromatic carbocycles. The zero-order valence-corrected chi connectivity index (χ0v) is 20.7. The molecule has 5 heteroatoms. The fourth-order valence-electron chi connectivity index (χ4n) is 4.02. The zero-order valence-electron chi connectivity index (χ0n) is 20.7. The summed E-state index contributed by atoms with van der Waals surface area (Å²) in [6, 6.07) is 4.02. The first-order valence-corrected chi connectivity index (χ1v) is 11.8. The number of rotatable bonds is 13. The fraction of sp³-hybridized carbons (Fsp3) is 0.429. The van der Waals surface area contributed by atoms with Crippen LogP contribution in [0.2, 0.25) is 0 Å². The first kappa shape index (κ1) is 26.3. The second-order valence-corrected chi connectivity index (χ2v) is 8.35. The minimum absolute atomic E-state index is 0.307. The van der Waals surface area contributed by atoms with Gasteiger partial charge in [0.1, 0.15) is 5.60 Å². The largest absolute Gasteiger partial charge is 0.441 e. The highest BCUT2D eigenvalue weighted by molar-refractivity contribution is 5.78. The molecule has 0 N–H and O–H groups in total. The third-order valence-corrected chi connectivity index (χ3v) is 6.19. The van der Waals surface area contributed by atoms with E-state index in [0.717, 1.165) is 55.6 Å². The summed E-state index contributed by atoms with van der Waals surface area (Å²) in [5, 5.41) is 0. The first-order valence-electron chi connectivity index (χ1n) is 11.8. The van der Waals surface area contributed by atoms with Crippen LogP contribution in [0.1, 0.15) is 52.5 Å². The number of pyridine rings is 1. The van der Waals surface area contributed by atoms with E-state index in [1.54, 1.807) is 17.3 Å². The van der Waals surface area contributed by atoms with Crippen molar-refractivity contribution in [1.29, 1.82) is 0 Å². The Balaban J connectivity index is 2.00. The predicted molar refractivity (Wildman–Crippen MR) is 138 cm³/mol. The van der Waals surface area contributed by atoms with Gasteiger partial charge in [-0.1, -0.05) is 51.3 Å². The molecule has 1 aliphatic rings. The van der Waals surface area contributed by atoms with Crippen LogP contribution in [0.25, 0.3) is 5.57 Å². The number of allylic oxidation sites excluding steroid dienone is 5. The van der Waals surface area contributed by atoms with Crippen LogP contribution in [0.5, 0.6) is 0 Å². The van der Waals surface area contributed by atoms with E-state index < -0.39 is 5.60 Å². The van der Waals surface area contributed by atoms with E-state index in [-0.39, 0.29) is 6.09 Å². The summed E-state index contributed by atoms with van der Waals surface area (Å²) in [7, 11) is 0. The molecule has 178 valence electrons. The number of aromatic nitrogens is 1.